The summed E-state index contributed by atoms with van der Waals surface area (Å²) in [5.74, 6) is -1.61. The second-order valence-electron chi connectivity index (χ2n) is 5.28. The highest BCUT2D eigenvalue weighted by atomic mass is 35.5. The molecule has 1 aromatic carbocycles. The molecule has 142 valence electrons. The quantitative estimate of drug-likeness (QED) is 0.285. The number of carbonyl (C=O) groups excluding carboxylic acids is 2. The molecule has 0 spiro atoms. The first-order chi connectivity index (χ1) is 12.3. The Balaban J connectivity index is 3.16. The van der Waals surface area contributed by atoms with Crippen LogP contribution in [0.15, 0.2) is 28.5 Å². The molecule has 1 aromatic rings. The summed E-state index contributed by atoms with van der Waals surface area (Å²) in [6.07, 6.45) is 2.43. The van der Waals surface area contributed by atoms with E-state index in [9.17, 15) is 14.7 Å². The highest BCUT2D eigenvalue weighted by molar-refractivity contribution is 6.41. The van der Waals surface area contributed by atoms with Crippen LogP contribution >= 0.6 is 23.2 Å². The number of halogens is 2. The van der Waals surface area contributed by atoms with Crippen LogP contribution in [0.3, 0.4) is 0 Å². The number of nitrogens with zero attached hydrogens (tertiary/aromatic N) is 1. The van der Waals surface area contributed by atoms with Crippen molar-refractivity contribution in [2.45, 2.75) is 33.6 Å². The van der Waals surface area contributed by atoms with Gasteiger partial charge in [-0.25, -0.2) is 9.59 Å². The lowest BCUT2D eigenvalue weighted by Crippen LogP contribution is -2.11. The minimum Gasteiger partial charge on any atom is -0.512 e. The van der Waals surface area contributed by atoms with Crippen molar-refractivity contribution in [1.82, 2.24) is 0 Å². The molecule has 0 heterocycles. The van der Waals surface area contributed by atoms with Gasteiger partial charge in [0.25, 0.3) is 0 Å². The Labute approximate surface area is 162 Å². The number of allylic oxidation sites excluding steroid dienone is 1. The third-order valence-electron chi connectivity index (χ3n) is 3.09. The third kappa shape index (κ3) is 6.04. The highest BCUT2D eigenvalue weighted by Crippen LogP contribution is 2.34. The predicted molar refractivity (Wildman–Crippen MR) is 102 cm³/mol. The predicted octanol–water partition coefficient (Wildman–Crippen LogP) is 5.05. The maximum atomic E-state index is 12.1. The second-order valence-corrected chi connectivity index (χ2v) is 6.07. The van der Waals surface area contributed by atoms with Crippen LogP contribution in [0, 0.1) is 0 Å². The minimum atomic E-state index is -0.705. The topological polar surface area (TPSA) is 85.2 Å². The van der Waals surface area contributed by atoms with Gasteiger partial charge >= 0.3 is 11.9 Å². The summed E-state index contributed by atoms with van der Waals surface area (Å²) in [4.78, 5) is 28.1. The zero-order chi connectivity index (χ0) is 19.7. The van der Waals surface area contributed by atoms with Crippen LogP contribution in [0.1, 0.15) is 44.0 Å². The van der Waals surface area contributed by atoms with Crippen LogP contribution in [0.4, 0.5) is 5.69 Å². The first-order valence-electron chi connectivity index (χ1n) is 8.09. The van der Waals surface area contributed by atoms with E-state index in [2.05, 4.69) is 4.99 Å². The summed E-state index contributed by atoms with van der Waals surface area (Å²) in [7, 11) is 0. The fourth-order valence-corrected chi connectivity index (χ4v) is 2.37. The van der Waals surface area contributed by atoms with E-state index in [0.29, 0.717) is 12.8 Å². The van der Waals surface area contributed by atoms with Crippen molar-refractivity contribution in [1.29, 1.82) is 0 Å². The van der Waals surface area contributed by atoms with E-state index in [1.54, 1.807) is 0 Å². The van der Waals surface area contributed by atoms with Gasteiger partial charge in [-0.05, 0) is 31.9 Å². The largest absolute Gasteiger partial charge is 0.512 e. The van der Waals surface area contributed by atoms with Crippen molar-refractivity contribution < 1.29 is 24.2 Å². The standard InChI is InChI=1S/C18H21Cl2NO5/c1-4-8-25-17(23)12(11(3)22)10-21-14-7-6-13(19)15(16(14)20)18(24)26-9-5-2/h6-7,10,22H,4-5,8-9H2,1-3H3. The van der Waals surface area contributed by atoms with E-state index in [0.717, 1.165) is 6.21 Å². The molecular weight excluding hydrogens is 381 g/mol. The Bertz CT molecular complexity index is 725. The van der Waals surface area contributed by atoms with Crippen molar-refractivity contribution in [3.05, 3.63) is 39.1 Å². The molecular formula is C18H21Cl2NO5. The van der Waals surface area contributed by atoms with E-state index >= 15 is 0 Å². The van der Waals surface area contributed by atoms with Gasteiger partial charge in [0, 0.05) is 6.21 Å². The van der Waals surface area contributed by atoms with Gasteiger partial charge in [0.15, 0.2) is 0 Å². The smallest absolute Gasteiger partial charge is 0.343 e. The van der Waals surface area contributed by atoms with E-state index in [1.165, 1.54) is 19.1 Å². The van der Waals surface area contributed by atoms with Crippen LogP contribution in [0.2, 0.25) is 10.0 Å². The number of ether oxygens (including phenoxy) is 2. The maximum absolute atomic E-state index is 12.1. The average molecular weight is 402 g/mol. The molecule has 1 rings (SSSR count). The molecule has 0 aromatic heterocycles. The molecule has 0 aliphatic rings. The lowest BCUT2D eigenvalue weighted by atomic mass is 10.2. The number of carbonyl (C=O) groups is 2. The van der Waals surface area contributed by atoms with Crippen molar-refractivity contribution in [2.24, 2.45) is 4.99 Å². The fraction of sp³-hybridized carbons (Fsp3) is 0.389. The molecule has 0 atom stereocenters. The Kier molecular flexibility index (Phi) is 9.16. The first kappa shape index (κ1) is 22.0. The lowest BCUT2D eigenvalue weighted by Gasteiger charge is -2.09. The van der Waals surface area contributed by atoms with E-state index in [4.69, 9.17) is 32.7 Å². The van der Waals surface area contributed by atoms with Gasteiger partial charge in [-0.2, -0.15) is 0 Å². The molecule has 26 heavy (non-hydrogen) atoms. The Morgan fingerprint density at radius 2 is 1.77 bits per heavy atom. The summed E-state index contributed by atoms with van der Waals surface area (Å²) in [6, 6.07) is 2.94. The molecule has 0 unspecified atom stereocenters. The third-order valence-corrected chi connectivity index (χ3v) is 3.79. The maximum Gasteiger partial charge on any atom is 0.343 e. The summed E-state index contributed by atoms with van der Waals surface area (Å²) in [5.41, 5.74) is 0.0809. The summed E-state index contributed by atoms with van der Waals surface area (Å²) in [6.45, 7) is 5.51. The van der Waals surface area contributed by atoms with E-state index in [-0.39, 0.29) is 45.8 Å². The molecule has 0 amide bonds. The zero-order valence-corrected chi connectivity index (χ0v) is 16.4. The van der Waals surface area contributed by atoms with Crippen LogP contribution in [-0.4, -0.2) is 36.5 Å². The van der Waals surface area contributed by atoms with Crippen LogP contribution in [0.5, 0.6) is 0 Å². The molecule has 0 aliphatic heterocycles. The monoisotopic (exact) mass is 401 g/mol. The number of aliphatic hydroxyl groups is 1. The molecule has 0 aliphatic carbocycles. The number of aliphatic hydroxyl groups excluding tert-OH is 1. The SMILES string of the molecule is CCCOC(=O)C(C=Nc1ccc(Cl)c(C(=O)OCCC)c1Cl)=C(C)O. The summed E-state index contributed by atoms with van der Waals surface area (Å²) in [5, 5.41) is 9.80. The first-order valence-corrected chi connectivity index (χ1v) is 8.85. The lowest BCUT2D eigenvalue weighted by molar-refractivity contribution is -0.138. The van der Waals surface area contributed by atoms with Crippen molar-refractivity contribution in [2.75, 3.05) is 13.2 Å². The summed E-state index contributed by atoms with van der Waals surface area (Å²) >= 11 is 12.3. The minimum absolute atomic E-state index is 0.00348. The molecule has 0 bridgehead atoms. The number of rotatable bonds is 8. The molecule has 0 saturated heterocycles. The number of hydrogen-bond donors (Lipinski definition) is 1. The van der Waals surface area contributed by atoms with Gasteiger partial charge in [0.1, 0.15) is 11.3 Å². The normalized spacial score (nSPS) is 12.0. The molecule has 0 fully saturated rings. The van der Waals surface area contributed by atoms with Gasteiger partial charge < -0.3 is 14.6 Å². The van der Waals surface area contributed by atoms with Gasteiger partial charge in [-0.3, -0.25) is 4.99 Å². The van der Waals surface area contributed by atoms with Crippen molar-refractivity contribution in [3.63, 3.8) is 0 Å². The van der Waals surface area contributed by atoms with Crippen molar-refractivity contribution >= 4 is 47.0 Å². The van der Waals surface area contributed by atoms with Crippen molar-refractivity contribution in [3.8, 4) is 0 Å². The van der Waals surface area contributed by atoms with Crippen LogP contribution < -0.4 is 0 Å². The molecule has 1 N–H and O–H groups in total. The Morgan fingerprint density at radius 1 is 1.15 bits per heavy atom. The number of esters is 2. The average Bonchev–Trinajstić information content (AvgIpc) is 2.59. The number of aliphatic imine (C=N–C) groups is 1. The highest BCUT2D eigenvalue weighted by Gasteiger charge is 2.19. The molecule has 0 radical (unpaired) electrons. The molecule has 6 nitrogen and oxygen atoms in total. The molecule has 0 saturated carbocycles. The zero-order valence-electron chi connectivity index (χ0n) is 14.8. The summed E-state index contributed by atoms with van der Waals surface area (Å²) < 4.78 is 10.0. The number of benzene rings is 1. The molecule has 8 heteroatoms. The van der Waals surface area contributed by atoms with E-state index in [1.807, 2.05) is 13.8 Å². The Hall–Kier alpha value is -2.05. The van der Waals surface area contributed by atoms with Gasteiger partial charge in [-0.1, -0.05) is 37.0 Å². The van der Waals surface area contributed by atoms with Gasteiger partial charge in [0.2, 0.25) is 0 Å². The van der Waals surface area contributed by atoms with Gasteiger partial charge in [0.05, 0.1) is 34.5 Å². The van der Waals surface area contributed by atoms with E-state index < -0.39 is 11.9 Å². The van der Waals surface area contributed by atoms with Gasteiger partial charge in [-0.15, -0.1) is 0 Å². The Morgan fingerprint density at radius 3 is 2.35 bits per heavy atom. The second kappa shape index (κ2) is 10.8. The van der Waals surface area contributed by atoms with Crippen LogP contribution in [-0.2, 0) is 14.3 Å². The number of hydrogen-bond acceptors (Lipinski definition) is 6. The van der Waals surface area contributed by atoms with Crippen LogP contribution in [0.25, 0.3) is 0 Å². The fourth-order valence-electron chi connectivity index (χ4n) is 1.80.